The molecule has 0 saturated heterocycles. The van der Waals surface area contributed by atoms with Gasteiger partial charge in [0, 0.05) is 34.6 Å². The number of halogens is 1. The number of nitrogens with one attached hydrogen (secondary N) is 2. The van der Waals surface area contributed by atoms with Gasteiger partial charge in [0.1, 0.15) is 11.6 Å². The average molecular weight is 565 g/mol. The highest BCUT2D eigenvalue weighted by atomic mass is 32.2. The minimum Gasteiger partial charge on any atom is -0.496 e. The summed E-state index contributed by atoms with van der Waals surface area (Å²) >= 11 is 0. The number of rotatable bonds is 9. The molecule has 0 unspecified atom stereocenters. The fourth-order valence-electron chi connectivity index (χ4n) is 5.12. The van der Waals surface area contributed by atoms with Crippen molar-refractivity contribution >= 4 is 26.8 Å². The Bertz CT molecular complexity index is 1840. The highest BCUT2D eigenvalue weighted by molar-refractivity contribution is 7.91. The minimum atomic E-state index is -3.86. The molecule has 5 rings (SSSR count). The van der Waals surface area contributed by atoms with E-state index in [0.717, 1.165) is 6.20 Å². The lowest BCUT2D eigenvalue weighted by Crippen LogP contribution is -2.29. The van der Waals surface area contributed by atoms with Crippen molar-refractivity contribution in [3.63, 3.8) is 0 Å². The number of aromatic nitrogens is 3. The Morgan fingerprint density at radius 3 is 2.62 bits per heavy atom. The first-order chi connectivity index (χ1) is 19.0. The third-order valence-corrected chi connectivity index (χ3v) is 9.84. The van der Waals surface area contributed by atoms with Gasteiger partial charge in [-0.3, -0.25) is 14.6 Å². The van der Waals surface area contributed by atoms with Crippen LogP contribution in [0.5, 0.6) is 5.75 Å². The number of fused-ring (bicyclic) bond motifs is 1. The molecule has 2 N–H and O–H groups in total. The van der Waals surface area contributed by atoms with Crippen molar-refractivity contribution in [2.75, 3.05) is 7.11 Å². The number of aryl methyl sites for hydroxylation is 2. The number of H-pyrrole nitrogens is 1. The number of hydrogen-bond donors (Lipinski definition) is 2. The SMILES string of the molecule is C=CCC1(S(=O)(=O)n2cc(C)c3c(C(=O)NCc4c(OC)cc(C)[nH]c4=O)cc(-c4cncc(F)c4)cc32)CC1. The number of pyridine rings is 2. The van der Waals surface area contributed by atoms with Gasteiger partial charge in [-0.05, 0) is 68.5 Å². The number of carbonyl (C=O) groups is 1. The zero-order valence-electron chi connectivity index (χ0n) is 22.4. The third kappa shape index (κ3) is 4.60. The molecule has 208 valence electrons. The van der Waals surface area contributed by atoms with E-state index in [1.807, 2.05) is 0 Å². The molecular weight excluding hydrogens is 535 g/mol. The quantitative estimate of drug-likeness (QED) is 0.291. The first-order valence-electron chi connectivity index (χ1n) is 12.7. The zero-order valence-corrected chi connectivity index (χ0v) is 23.2. The topological polar surface area (TPSA) is 123 Å². The van der Waals surface area contributed by atoms with Crippen molar-refractivity contribution in [2.45, 2.75) is 44.4 Å². The average Bonchev–Trinajstić information content (AvgIpc) is 3.63. The van der Waals surface area contributed by atoms with Gasteiger partial charge in [-0.25, -0.2) is 16.8 Å². The Kier molecular flexibility index (Phi) is 6.87. The fraction of sp³-hybridized carbons (Fsp3) is 0.276. The molecule has 40 heavy (non-hydrogen) atoms. The fourth-order valence-corrected chi connectivity index (χ4v) is 7.18. The second-order valence-electron chi connectivity index (χ2n) is 10.1. The summed E-state index contributed by atoms with van der Waals surface area (Å²) in [6, 6.07) is 6.13. The van der Waals surface area contributed by atoms with E-state index in [0.29, 0.717) is 58.3 Å². The lowest BCUT2D eigenvalue weighted by molar-refractivity contribution is 0.0952. The van der Waals surface area contributed by atoms with Gasteiger partial charge in [-0.2, -0.15) is 0 Å². The molecule has 3 aromatic heterocycles. The van der Waals surface area contributed by atoms with Gasteiger partial charge in [-0.15, -0.1) is 6.58 Å². The zero-order chi connectivity index (χ0) is 28.8. The van der Waals surface area contributed by atoms with Crippen LogP contribution in [0.25, 0.3) is 22.0 Å². The minimum absolute atomic E-state index is 0.134. The number of benzene rings is 1. The Hall–Kier alpha value is -4.25. The Morgan fingerprint density at radius 1 is 1.23 bits per heavy atom. The van der Waals surface area contributed by atoms with Gasteiger partial charge in [0.25, 0.3) is 11.5 Å². The Labute approximate surface area is 230 Å². The molecule has 0 atom stereocenters. The molecule has 1 saturated carbocycles. The van der Waals surface area contributed by atoms with Gasteiger partial charge < -0.3 is 15.0 Å². The number of carbonyl (C=O) groups excluding carboxylic acids is 1. The lowest BCUT2D eigenvalue weighted by atomic mass is 9.99. The number of hydrogen-bond acceptors (Lipinski definition) is 6. The maximum absolute atomic E-state index is 14.1. The molecule has 0 radical (unpaired) electrons. The molecule has 0 aliphatic heterocycles. The Morgan fingerprint density at radius 2 is 1.98 bits per heavy atom. The van der Waals surface area contributed by atoms with E-state index in [9.17, 15) is 22.4 Å². The molecule has 9 nitrogen and oxygen atoms in total. The first kappa shape index (κ1) is 27.3. The van der Waals surface area contributed by atoms with Gasteiger partial charge in [0.15, 0.2) is 0 Å². The monoisotopic (exact) mass is 564 g/mol. The van der Waals surface area contributed by atoms with Crippen molar-refractivity contribution in [1.29, 1.82) is 0 Å². The number of ether oxygens (including phenoxy) is 1. The van der Waals surface area contributed by atoms with Crippen LogP contribution in [0.15, 0.2) is 60.3 Å². The third-order valence-electron chi connectivity index (χ3n) is 7.35. The number of nitrogens with zero attached hydrogens (tertiary/aromatic N) is 2. The largest absolute Gasteiger partial charge is 0.496 e. The molecule has 1 aliphatic rings. The highest BCUT2D eigenvalue weighted by Gasteiger charge is 2.54. The van der Waals surface area contributed by atoms with Crippen molar-refractivity contribution in [2.24, 2.45) is 0 Å². The van der Waals surface area contributed by atoms with Crippen molar-refractivity contribution in [3.05, 3.63) is 94.1 Å². The predicted molar refractivity (Wildman–Crippen MR) is 150 cm³/mol. The van der Waals surface area contributed by atoms with Crippen LogP contribution in [0.1, 0.15) is 46.4 Å². The molecule has 0 bridgehead atoms. The number of methoxy groups -OCH3 is 1. The second-order valence-corrected chi connectivity index (χ2v) is 12.3. The maximum atomic E-state index is 14.1. The molecule has 4 aromatic rings. The van der Waals surface area contributed by atoms with E-state index >= 15 is 0 Å². The molecule has 1 fully saturated rings. The van der Waals surface area contributed by atoms with Crippen LogP contribution in [0, 0.1) is 19.7 Å². The number of allylic oxidation sites excluding steroid dienone is 1. The Balaban J connectivity index is 1.66. The van der Waals surface area contributed by atoms with Crippen LogP contribution >= 0.6 is 0 Å². The summed E-state index contributed by atoms with van der Waals surface area (Å²) in [4.78, 5) is 32.8. The summed E-state index contributed by atoms with van der Waals surface area (Å²) in [5.74, 6) is -0.781. The normalized spacial score (nSPS) is 14.2. The smallest absolute Gasteiger partial charge is 0.256 e. The van der Waals surface area contributed by atoms with Crippen LogP contribution in [0.4, 0.5) is 4.39 Å². The van der Waals surface area contributed by atoms with Crippen LogP contribution < -0.4 is 15.6 Å². The van der Waals surface area contributed by atoms with E-state index in [-0.39, 0.29) is 17.7 Å². The van der Waals surface area contributed by atoms with E-state index in [2.05, 4.69) is 21.9 Å². The maximum Gasteiger partial charge on any atom is 0.256 e. The molecule has 11 heteroatoms. The van der Waals surface area contributed by atoms with Gasteiger partial charge >= 0.3 is 0 Å². The molecular formula is C29H29FN4O5S. The summed E-state index contributed by atoms with van der Waals surface area (Å²) in [5, 5.41) is 3.21. The van der Waals surface area contributed by atoms with E-state index in [4.69, 9.17) is 4.74 Å². The van der Waals surface area contributed by atoms with Crippen molar-refractivity contribution in [3.8, 4) is 16.9 Å². The second kappa shape index (κ2) is 10.1. The van der Waals surface area contributed by atoms with E-state index < -0.39 is 32.1 Å². The van der Waals surface area contributed by atoms with Gasteiger partial charge in [-0.1, -0.05) is 6.08 Å². The van der Waals surface area contributed by atoms with Crippen LogP contribution in [-0.2, 0) is 16.6 Å². The van der Waals surface area contributed by atoms with Crippen LogP contribution in [0.2, 0.25) is 0 Å². The summed E-state index contributed by atoms with van der Waals surface area (Å²) < 4.78 is 47.4. The molecule has 3 heterocycles. The standard InChI is InChI=1S/C29H29FN4O5S/c1-5-6-29(7-8-29)40(37,38)34-16-17(2)26-22(11-19(12-24(26)34)20-10-21(30)14-31-13-20)27(35)32-15-23-25(39-4)9-18(3)33-28(23)36/h5,9-14,16H,1,6-8,15H2,2-4H3,(H,32,35)(H,33,36). The first-order valence-corrected chi connectivity index (χ1v) is 14.1. The highest BCUT2D eigenvalue weighted by Crippen LogP contribution is 2.49. The van der Waals surface area contributed by atoms with Crippen LogP contribution in [-0.4, -0.2) is 40.1 Å². The van der Waals surface area contributed by atoms with Gasteiger partial charge in [0.05, 0.1) is 35.7 Å². The van der Waals surface area contributed by atoms with E-state index in [1.54, 1.807) is 38.1 Å². The van der Waals surface area contributed by atoms with Crippen molar-refractivity contribution < 1.29 is 22.3 Å². The van der Waals surface area contributed by atoms with Crippen LogP contribution in [0.3, 0.4) is 0 Å². The summed E-state index contributed by atoms with van der Waals surface area (Å²) in [5.41, 5.74) is 2.30. The van der Waals surface area contributed by atoms with Gasteiger partial charge in [0.2, 0.25) is 10.0 Å². The molecule has 1 aliphatic carbocycles. The van der Waals surface area contributed by atoms with Crippen molar-refractivity contribution in [1.82, 2.24) is 19.3 Å². The number of aromatic amines is 1. The lowest BCUT2D eigenvalue weighted by Gasteiger charge is -2.17. The summed E-state index contributed by atoms with van der Waals surface area (Å²) in [6.45, 7) is 7.04. The van der Waals surface area contributed by atoms with E-state index in [1.165, 1.54) is 29.5 Å². The molecule has 1 amide bonds. The number of amides is 1. The molecule has 0 spiro atoms. The molecule has 1 aromatic carbocycles. The predicted octanol–water partition coefficient (Wildman–Crippen LogP) is 4.37. The summed E-state index contributed by atoms with van der Waals surface area (Å²) in [7, 11) is -2.42. The summed E-state index contributed by atoms with van der Waals surface area (Å²) in [6.07, 6.45) is 6.95.